The van der Waals surface area contributed by atoms with Gasteiger partial charge >= 0.3 is 12.1 Å². The number of rotatable bonds is 9. The summed E-state index contributed by atoms with van der Waals surface area (Å²) in [5, 5.41) is 15.5. The van der Waals surface area contributed by atoms with Crippen molar-refractivity contribution in [2.75, 3.05) is 25.6 Å². The molecule has 0 saturated carbocycles. The lowest BCUT2D eigenvalue weighted by Gasteiger charge is -2.28. The number of nitrogens with one attached hydrogen (secondary N) is 2. The highest BCUT2D eigenvalue weighted by Crippen LogP contribution is 2.20. The van der Waals surface area contributed by atoms with E-state index in [2.05, 4.69) is 15.6 Å². The Labute approximate surface area is 205 Å². The van der Waals surface area contributed by atoms with E-state index in [1.54, 1.807) is 12.1 Å². The number of anilines is 1. The molecule has 0 fully saturated rings. The molecule has 0 spiro atoms. The van der Waals surface area contributed by atoms with Gasteiger partial charge < -0.3 is 20.1 Å². The fraction of sp³-hybridized carbons (Fsp3) is 0.292. The Bertz CT molecular complexity index is 1200. The molecule has 3 aromatic rings. The summed E-state index contributed by atoms with van der Waals surface area (Å²) in [6.07, 6.45) is 1.43. The molecular weight excluding hydrogens is 482 g/mol. The van der Waals surface area contributed by atoms with Crippen molar-refractivity contribution < 1.29 is 28.2 Å². The third kappa shape index (κ3) is 7.24. The quantitative estimate of drug-likeness (QED) is 0.390. The maximum absolute atomic E-state index is 13.6. The van der Waals surface area contributed by atoms with Crippen LogP contribution >= 0.6 is 11.6 Å². The van der Waals surface area contributed by atoms with E-state index in [0.717, 1.165) is 0 Å². The molecule has 8 nitrogen and oxygen atoms in total. The third-order valence-electron chi connectivity index (χ3n) is 5.35. The predicted molar refractivity (Wildman–Crippen MR) is 128 cm³/mol. The largest absolute Gasteiger partial charge is 0.447 e. The van der Waals surface area contributed by atoms with Gasteiger partial charge in [0.15, 0.2) is 0 Å². The summed E-state index contributed by atoms with van der Waals surface area (Å²) in [4.78, 5) is 30.4. The number of amides is 3. The minimum atomic E-state index is -0.803. The number of carbonyl (C=O) groups is 2. The van der Waals surface area contributed by atoms with Crippen molar-refractivity contribution in [2.24, 2.45) is 0 Å². The predicted octanol–water partition coefficient (Wildman–Crippen LogP) is 4.70. The number of hydrogen-bond acceptors (Lipinski definition) is 5. The van der Waals surface area contributed by atoms with E-state index in [1.807, 2.05) is 0 Å². The second-order valence-electron chi connectivity index (χ2n) is 7.79. The molecule has 0 bridgehead atoms. The molecule has 0 aliphatic heterocycles. The molecule has 3 rings (SSSR count). The summed E-state index contributed by atoms with van der Waals surface area (Å²) >= 11 is 5.92. The van der Waals surface area contributed by atoms with Crippen LogP contribution in [0.5, 0.6) is 0 Å². The number of aromatic nitrogens is 1. The molecule has 0 aliphatic carbocycles. The van der Waals surface area contributed by atoms with Crippen LogP contribution < -0.4 is 10.6 Å². The maximum Gasteiger partial charge on any atom is 0.412 e. The van der Waals surface area contributed by atoms with Gasteiger partial charge in [-0.3, -0.25) is 5.32 Å². The molecule has 0 unspecified atom stereocenters. The lowest BCUT2D eigenvalue weighted by atomic mass is 10.1. The number of ether oxygens (including phenoxy) is 1. The van der Waals surface area contributed by atoms with Crippen LogP contribution in [-0.4, -0.2) is 53.4 Å². The van der Waals surface area contributed by atoms with Gasteiger partial charge in [0.05, 0.1) is 11.1 Å². The number of benzene rings is 2. The Morgan fingerprint density at radius 3 is 2.77 bits per heavy atom. The van der Waals surface area contributed by atoms with Crippen molar-refractivity contribution in [2.45, 2.75) is 25.4 Å². The minimum absolute atomic E-state index is 0.00204. The first kappa shape index (κ1) is 26.1. The first-order chi connectivity index (χ1) is 16.8. The van der Waals surface area contributed by atoms with E-state index in [1.165, 1.54) is 48.5 Å². The number of halogens is 3. The van der Waals surface area contributed by atoms with Gasteiger partial charge in [-0.05, 0) is 54.1 Å². The number of hydrogen-bond donors (Lipinski definition) is 3. The van der Waals surface area contributed by atoms with Gasteiger partial charge in [0.1, 0.15) is 24.1 Å². The molecule has 0 radical (unpaired) electrons. The van der Waals surface area contributed by atoms with Crippen LogP contribution in [0.3, 0.4) is 0 Å². The third-order valence-corrected chi connectivity index (χ3v) is 5.77. The molecule has 0 saturated heterocycles. The van der Waals surface area contributed by atoms with Crippen LogP contribution in [0, 0.1) is 11.6 Å². The van der Waals surface area contributed by atoms with E-state index in [9.17, 15) is 23.5 Å². The highest BCUT2D eigenvalue weighted by Gasteiger charge is 2.22. The van der Waals surface area contributed by atoms with Crippen LogP contribution in [0.2, 0.25) is 5.02 Å². The number of nitrogens with zero attached hydrogens (tertiary/aromatic N) is 2. The first-order valence-electron chi connectivity index (χ1n) is 10.8. The number of aliphatic hydroxyl groups excluding tert-OH is 1. The Morgan fingerprint density at radius 1 is 1.20 bits per heavy atom. The number of carbonyl (C=O) groups excluding carboxylic acids is 2. The van der Waals surface area contributed by atoms with Gasteiger partial charge in [-0.15, -0.1) is 0 Å². The maximum atomic E-state index is 13.6. The molecular formula is C24H25ClF2N4O4. The zero-order chi connectivity index (χ0) is 25.4. The normalized spacial score (nSPS) is 11.7. The summed E-state index contributed by atoms with van der Waals surface area (Å²) < 4.78 is 32.3. The SMILES string of the molecule is CN(C(=O)NCc1cccc(F)c1Cl)[C@@H](CCCO)COC(=O)Nc1cc2cc(F)ccc2cn1. The van der Waals surface area contributed by atoms with E-state index in [-0.39, 0.29) is 30.6 Å². The van der Waals surface area contributed by atoms with E-state index in [0.29, 0.717) is 29.2 Å². The monoisotopic (exact) mass is 506 g/mol. The van der Waals surface area contributed by atoms with Gasteiger partial charge in [-0.25, -0.2) is 23.4 Å². The number of fused-ring (bicyclic) bond motifs is 1. The minimum Gasteiger partial charge on any atom is -0.447 e. The fourth-order valence-electron chi connectivity index (χ4n) is 3.35. The summed E-state index contributed by atoms with van der Waals surface area (Å²) in [6.45, 7) is -0.255. The van der Waals surface area contributed by atoms with Gasteiger partial charge in [-0.1, -0.05) is 23.7 Å². The second kappa shape index (κ2) is 12.3. The van der Waals surface area contributed by atoms with Gasteiger partial charge in [0, 0.05) is 31.8 Å². The van der Waals surface area contributed by atoms with E-state index < -0.39 is 29.8 Å². The Hall–Kier alpha value is -3.50. The van der Waals surface area contributed by atoms with Crippen LogP contribution in [0.25, 0.3) is 10.8 Å². The zero-order valence-electron chi connectivity index (χ0n) is 18.9. The van der Waals surface area contributed by atoms with E-state index in [4.69, 9.17) is 16.3 Å². The molecule has 2 aromatic carbocycles. The Balaban J connectivity index is 1.57. The van der Waals surface area contributed by atoms with Crippen molar-refractivity contribution in [3.63, 3.8) is 0 Å². The molecule has 1 aromatic heterocycles. The second-order valence-corrected chi connectivity index (χ2v) is 8.16. The summed E-state index contributed by atoms with van der Waals surface area (Å²) in [5.41, 5.74) is 0.415. The van der Waals surface area contributed by atoms with Gasteiger partial charge in [0.25, 0.3) is 0 Å². The van der Waals surface area contributed by atoms with Crippen LogP contribution in [0.1, 0.15) is 18.4 Å². The van der Waals surface area contributed by atoms with Gasteiger partial charge in [-0.2, -0.15) is 0 Å². The number of pyridine rings is 1. The van der Waals surface area contributed by atoms with Gasteiger partial charge in [0.2, 0.25) is 0 Å². The molecule has 3 amide bonds. The Kier molecular flexibility index (Phi) is 9.16. The molecule has 11 heteroatoms. The molecule has 3 N–H and O–H groups in total. The molecule has 186 valence electrons. The average Bonchev–Trinajstić information content (AvgIpc) is 2.84. The zero-order valence-corrected chi connectivity index (χ0v) is 19.7. The Morgan fingerprint density at radius 2 is 2.00 bits per heavy atom. The van der Waals surface area contributed by atoms with Crippen molar-refractivity contribution in [1.82, 2.24) is 15.2 Å². The topological polar surface area (TPSA) is 104 Å². The number of urea groups is 1. The molecule has 1 atom stereocenters. The summed E-state index contributed by atoms with van der Waals surface area (Å²) in [5.74, 6) is -0.818. The highest BCUT2D eigenvalue weighted by molar-refractivity contribution is 6.31. The summed E-state index contributed by atoms with van der Waals surface area (Å²) in [7, 11) is 1.52. The van der Waals surface area contributed by atoms with Crippen LogP contribution in [0.15, 0.2) is 48.7 Å². The molecule has 1 heterocycles. The van der Waals surface area contributed by atoms with Crippen LogP contribution in [-0.2, 0) is 11.3 Å². The number of likely N-dealkylation sites (N-methyl/N-ethyl adjacent to an activating group) is 1. The lowest BCUT2D eigenvalue weighted by molar-refractivity contribution is 0.110. The summed E-state index contributed by atoms with van der Waals surface area (Å²) in [6, 6.07) is 9.00. The standard InChI is InChI=1S/C24H25ClF2N4O4/c1-31(23(33)29-13-16-4-2-6-20(27)22(16)25)19(5-3-9-32)14-35-24(34)30-21-11-17-10-18(26)8-7-15(17)12-28-21/h2,4,6-8,10-12,19,32H,3,5,9,13-14H2,1H3,(H,29,33)(H,28,30,34)/t19-/m0/s1. The highest BCUT2D eigenvalue weighted by atomic mass is 35.5. The van der Waals surface area contributed by atoms with Crippen molar-refractivity contribution in [1.29, 1.82) is 0 Å². The smallest absolute Gasteiger partial charge is 0.412 e. The fourth-order valence-corrected chi connectivity index (χ4v) is 3.55. The van der Waals surface area contributed by atoms with Crippen molar-refractivity contribution >= 4 is 40.3 Å². The molecule has 0 aliphatic rings. The van der Waals surface area contributed by atoms with Crippen LogP contribution in [0.4, 0.5) is 24.2 Å². The van der Waals surface area contributed by atoms with Crippen molar-refractivity contribution in [3.8, 4) is 0 Å². The average molecular weight is 507 g/mol. The molecule has 35 heavy (non-hydrogen) atoms. The van der Waals surface area contributed by atoms with Crippen molar-refractivity contribution in [3.05, 3.63) is 70.9 Å². The number of aliphatic hydroxyl groups is 1. The first-order valence-corrected chi connectivity index (χ1v) is 11.2. The lowest BCUT2D eigenvalue weighted by Crippen LogP contribution is -2.46. The van der Waals surface area contributed by atoms with E-state index >= 15 is 0 Å².